The number of halogens is 1. The van der Waals surface area contributed by atoms with Gasteiger partial charge in [0.15, 0.2) is 11.5 Å². The third-order valence-electron chi connectivity index (χ3n) is 3.15. The van der Waals surface area contributed by atoms with Crippen molar-refractivity contribution in [2.24, 2.45) is 11.1 Å². The van der Waals surface area contributed by atoms with Crippen LogP contribution in [-0.4, -0.2) is 41.1 Å². The molecule has 0 saturated carbocycles. The number of rotatable bonds is 5. The first-order valence-corrected chi connectivity index (χ1v) is 6.48. The van der Waals surface area contributed by atoms with E-state index < -0.39 is 0 Å². The number of nitrogens with two attached hydrogens (primary N) is 1. The highest BCUT2D eigenvalue weighted by molar-refractivity contribution is 5.93. The second-order valence-electron chi connectivity index (χ2n) is 5.67. The molecule has 0 aliphatic rings. The van der Waals surface area contributed by atoms with E-state index in [2.05, 4.69) is 10.2 Å². The lowest BCUT2D eigenvalue weighted by Crippen LogP contribution is -2.39. The molecule has 0 fully saturated rings. The molecule has 0 radical (unpaired) electrons. The zero-order chi connectivity index (χ0) is 14.8. The summed E-state index contributed by atoms with van der Waals surface area (Å²) in [5.41, 5.74) is 6.62. The molecule has 0 atom stereocenters. The average molecular weight is 313 g/mol. The van der Waals surface area contributed by atoms with Crippen molar-refractivity contribution in [3.8, 4) is 11.5 Å². The Bertz CT molecular complexity index is 578. The minimum absolute atomic E-state index is 0. The Morgan fingerprint density at radius 3 is 2.81 bits per heavy atom. The summed E-state index contributed by atoms with van der Waals surface area (Å²) in [6.07, 6.45) is 1.58. The standard InChI is InChI=1S/C14H20N4O2.ClH/c1-14(2,8-15)9-18(3)13(19)11-7-10(16-17-11)12-5-4-6-20-12;/h4-7H,8-9,15H2,1-3H3,(H,16,17);1H. The van der Waals surface area contributed by atoms with Crippen LogP contribution in [0.25, 0.3) is 11.5 Å². The van der Waals surface area contributed by atoms with Crippen LogP contribution in [0.2, 0.25) is 0 Å². The molecule has 0 saturated heterocycles. The summed E-state index contributed by atoms with van der Waals surface area (Å²) >= 11 is 0. The first-order chi connectivity index (χ1) is 9.43. The van der Waals surface area contributed by atoms with E-state index in [-0.39, 0.29) is 23.7 Å². The van der Waals surface area contributed by atoms with Gasteiger partial charge in [0.05, 0.1) is 6.26 Å². The highest BCUT2D eigenvalue weighted by Gasteiger charge is 2.23. The number of aromatic nitrogens is 2. The number of H-pyrrole nitrogens is 1. The van der Waals surface area contributed by atoms with Gasteiger partial charge in [-0.25, -0.2) is 0 Å². The third kappa shape index (κ3) is 4.09. The van der Waals surface area contributed by atoms with Gasteiger partial charge in [0.25, 0.3) is 5.91 Å². The molecule has 2 aromatic heterocycles. The van der Waals surface area contributed by atoms with Gasteiger partial charge in [0, 0.05) is 19.7 Å². The fourth-order valence-corrected chi connectivity index (χ4v) is 1.96. The quantitative estimate of drug-likeness (QED) is 0.885. The van der Waals surface area contributed by atoms with Gasteiger partial charge in [-0.15, -0.1) is 12.4 Å². The number of hydrogen-bond acceptors (Lipinski definition) is 4. The smallest absolute Gasteiger partial charge is 0.274 e. The summed E-state index contributed by atoms with van der Waals surface area (Å²) in [6.45, 7) is 5.14. The SMILES string of the molecule is CN(CC(C)(C)CN)C(=O)c1cc(-c2ccco2)[nH]n1.Cl. The van der Waals surface area contributed by atoms with E-state index >= 15 is 0 Å². The van der Waals surface area contributed by atoms with Gasteiger partial charge >= 0.3 is 0 Å². The highest BCUT2D eigenvalue weighted by atomic mass is 35.5. The predicted octanol–water partition coefficient (Wildman–Crippen LogP) is 2.15. The number of carbonyl (C=O) groups is 1. The lowest BCUT2D eigenvalue weighted by Gasteiger charge is -2.28. The first kappa shape index (κ1) is 17.3. The van der Waals surface area contributed by atoms with Crippen molar-refractivity contribution in [3.05, 3.63) is 30.2 Å². The lowest BCUT2D eigenvalue weighted by atomic mass is 9.93. The van der Waals surface area contributed by atoms with Crippen molar-refractivity contribution in [2.75, 3.05) is 20.1 Å². The van der Waals surface area contributed by atoms with E-state index in [1.165, 1.54) is 0 Å². The summed E-state index contributed by atoms with van der Waals surface area (Å²) in [6, 6.07) is 5.28. The van der Waals surface area contributed by atoms with Crippen LogP contribution in [0.1, 0.15) is 24.3 Å². The zero-order valence-corrected chi connectivity index (χ0v) is 13.2. The predicted molar refractivity (Wildman–Crippen MR) is 83.3 cm³/mol. The summed E-state index contributed by atoms with van der Waals surface area (Å²) in [5.74, 6) is 0.516. The molecule has 2 aromatic rings. The van der Waals surface area contributed by atoms with Gasteiger partial charge in [-0.2, -0.15) is 5.10 Å². The monoisotopic (exact) mass is 312 g/mol. The van der Waals surface area contributed by atoms with Crippen LogP contribution in [0.15, 0.2) is 28.9 Å². The molecule has 7 heteroatoms. The van der Waals surface area contributed by atoms with Gasteiger partial charge < -0.3 is 15.1 Å². The fourth-order valence-electron chi connectivity index (χ4n) is 1.96. The zero-order valence-electron chi connectivity index (χ0n) is 12.4. The summed E-state index contributed by atoms with van der Waals surface area (Å²) < 4.78 is 5.26. The van der Waals surface area contributed by atoms with Crippen molar-refractivity contribution < 1.29 is 9.21 Å². The number of amides is 1. The third-order valence-corrected chi connectivity index (χ3v) is 3.15. The molecule has 2 rings (SSSR count). The Morgan fingerprint density at radius 2 is 2.24 bits per heavy atom. The number of nitrogens with zero attached hydrogens (tertiary/aromatic N) is 2. The molecule has 0 aromatic carbocycles. The fraction of sp³-hybridized carbons (Fsp3) is 0.429. The van der Waals surface area contributed by atoms with Crippen LogP contribution < -0.4 is 5.73 Å². The van der Waals surface area contributed by atoms with Crippen molar-refractivity contribution >= 4 is 18.3 Å². The Hall–Kier alpha value is -1.79. The van der Waals surface area contributed by atoms with Crippen molar-refractivity contribution in [1.29, 1.82) is 0 Å². The van der Waals surface area contributed by atoms with E-state index in [9.17, 15) is 4.79 Å². The molecule has 0 spiro atoms. The number of aromatic amines is 1. The number of nitrogens with one attached hydrogen (secondary N) is 1. The Balaban J connectivity index is 0.00000220. The number of carbonyl (C=O) groups excluding carboxylic acids is 1. The molecular formula is C14H21ClN4O2. The maximum absolute atomic E-state index is 12.3. The van der Waals surface area contributed by atoms with E-state index in [1.807, 2.05) is 19.9 Å². The normalized spacial score (nSPS) is 11.0. The highest BCUT2D eigenvalue weighted by Crippen LogP contribution is 2.19. The Morgan fingerprint density at radius 1 is 1.52 bits per heavy atom. The average Bonchev–Trinajstić information content (AvgIpc) is 3.07. The van der Waals surface area contributed by atoms with Gasteiger partial charge in [0.2, 0.25) is 0 Å². The molecule has 0 bridgehead atoms. The molecule has 116 valence electrons. The van der Waals surface area contributed by atoms with Crippen LogP contribution >= 0.6 is 12.4 Å². The van der Waals surface area contributed by atoms with Crippen molar-refractivity contribution in [2.45, 2.75) is 13.8 Å². The largest absolute Gasteiger partial charge is 0.463 e. The summed E-state index contributed by atoms with van der Waals surface area (Å²) in [7, 11) is 1.75. The van der Waals surface area contributed by atoms with E-state index in [0.717, 1.165) is 0 Å². The van der Waals surface area contributed by atoms with Crippen LogP contribution in [0.3, 0.4) is 0 Å². The molecule has 21 heavy (non-hydrogen) atoms. The number of hydrogen-bond donors (Lipinski definition) is 2. The summed E-state index contributed by atoms with van der Waals surface area (Å²) in [4.78, 5) is 13.9. The van der Waals surface area contributed by atoms with Crippen LogP contribution in [-0.2, 0) is 0 Å². The van der Waals surface area contributed by atoms with Gasteiger partial charge in [-0.3, -0.25) is 9.89 Å². The molecule has 1 amide bonds. The van der Waals surface area contributed by atoms with Crippen LogP contribution in [0.5, 0.6) is 0 Å². The topological polar surface area (TPSA) is 88.1 Å². The second kappa shape index (κ2) is 6.78. The lowest BCUT2D eigenvalue weighted by molar-refractivity contribution is 0.0734. The maximum atomic E-state index is 12.3. The van der Waals surface area contributed by atoms with E-state index in [1.54, 1.807) is 30.3 Å². The van der Waals surface area contributed by atoms with Crippen LogP contribution in [0, 0.1) is 5.41 Å². The molecule has 0 unspecified atom stereocenters. The molecule has 2 heterocycles. The van der Waals surface area contributed by atoms with Crippen LogP contribution in [0.4, 0.5) is 0 Å². The second-order valence-corrected chi connectivity index (χ2v) is 5.67. The molecule has 0 aliphatic heterocycles. The first-order valence-electron chi connectivity index (χ1n) is 6.48. The minimum atomic E-state index is -0.138. The van der Waals surface area contributed by atoms with Crippen molar-refractivity contribution in [3.63, 3.8) is 0 Å². The molecule has 6 nitrogen and oxygen atoms in total. The molecule has 0 aliphatic carbocycles. The summed E-state index contributed by atoms with van der Waals surface area (Å²) in [5, 5.41) is 6.85. The van der Waals surface area contributed by atoms with E-state index in [4.69, 9.17) is 10.2 Å². The minimum Gasteiger partial charge on any atom is -0.463 e. The maximum Gasteiger partial charge on any atom is 0.274 e. The van der Waals surface area contributed by atoms with Gasteiger partial charge in [0.1, 0.15) is 5.69 Å². The Labute approximate surface area is 130 Å². The Kier molecular flexibility index (Phi) is 5.57. The molecule has 3 N–H and O–H groups in total. The van der Waals surface area contributed by atoms with Gasteiger partial charge in [-0.1, -0.05) is 13.8 Å². The van der Waals surface area contributed by atoms with Gasteiger partial charge in [-0.05, 0) is 24.1 Å². The van der Waals surface area contributed by atoms with Crippen molar-refractivity contribution in [1.82, 2.24) is 15.1 Å². The molecular weight excluding hydrogens is 292 g/mol. The van der Waals surface area contributed by atoms with E-state index in [0.29, 0.717) is 30.2 Å². The number of furan rings is 1.